The molecule has 0 aromatic heterocycles. The molecule has 1 aliphatic heterocycles. The van der Waals surface area contributed by atoms with Crippen LogP contribution in [0.2, 0.25) is 0 Å². The Morgan fingerprint density at radius 3 is 2.65 bits per heavy atom. The molecular weight excluding hydrogens is 266 g/mol. The number of hydrogen-bond donors (Lipinski definition) is 0. The summed E-state index contributed by atoms with van der Waals surface area (Å²) in [5.41, 5.74) is 3.64. The van der Waals surface area contributed by atoms with E-state index >= 15 is 0 Å². The van der Waals surface area contributed by atoms with Crippen LogP contribution in [-0.2, 0) is 4.74 Å². The molecule has 1 aromatic rings. The number of thiocarbonyl (C=S) groups is 1. The van der Waals surface area contributed by atoms with Gasteiger partial charge in [-0.05, 0) is 36.6 Å². The van der Waals surface area contributed by atoms with Crippen molar-refractivity contribution in [2.45, 2.75) is 25.4 Å². The van der Waals surface area contributed by atoms with Gasteiger partial charge in [-0.1, -0.05) is 30.4 Å². The summed E-state index contributed by atoms with van der Waals surface area (Å²) >= 11 is 5.57. The summed E-state index contributed by atoms with van der Waals surface area (Å²) in [4.78, 5) is 3.16. The van der Waals surface area contributed by atoms with Crippen LogP contribution in [0.4, 0.5) is 5.69 Å². The van der Waals surface area contributed by atoms with E-state index in [1.807, 2.05) is 14.1 Å². The Bertz CT molecular complexity index is 584. The first-order chi connectivity index (χ1) is 9.65. The molecule has 0 amide bonds. The Labute approximate surface area is 125 Å². The van der Waals surface area contributed by atoms with E-state index in [9.17, 15) is 0 Å². The number of hydrogen-bond acceptors (Lipinski definition) is 3. The molecule has 3 rings (SSSR count). The molecule has 0 radical (unpaired) electrons. The lowest BCUT2D eigenvalue weighted by Crippen LogP contribution is -2.20. The minimum absolute atomic E-state index is 0.0558. The largest absolute Gasteiger partial charge is 0.485 e. The van der Waals surface area contributed by atoms with E-state index in [-0.39, 0.29) is 6.10 Å². The number of rotatable bonds is 2. The van der Waals surface area contributed by atoms with Crippen LogP contribution in [-0.4, -0.2) is 19.0 Å². The first-order valence-corrected chi connectivity index (χ1v) is 7.43. The highest BCUT2D eigenvalue weighted by Gasteiger charge is 2.27. The maximum atomic E-state index is 6.14. The van der Waals surface area contributed by atoms with E-state index in [4.69, 9.17) is 17.0 Å². The molecule has 0 spiro atoms. The number of anilines is 1. The Morgan fingerprint density at radius 1 is 1.20 bits per heavy atom. The average molecular weight is 285 g/mol. The van der Waals surface area contributed by atoms with Crippen molar-refractivity contribution in [3.8, 4) is 0 Å². The molecule has 0 bridgehead atoms. The van der Waals surface area contributed by atoms with Crippen molar-refractivity contribution >= 4 is 22.8 Å². The molecule has 1 unspecified atom stereocenters. The summed E-state index contributed by atoms with van der Waals surface area (Å²) in [7, 11) is 4.09. The van der Waals surface area contributed by atoms with Crippen LogP contribution in [0.3, 0.4) is 0 Å². The third-order valence-corrected chi connectivity index (χ3v) is 4.30. The van der Waals surface area contributed by atoms with Gasteiger partial charge in [-0.15, -0.1) is 0 Å². The van der Waals surface area contributed by atoms with Gasteiger partial charge in [0.2, 0.25) is 0 Å². The van der Waals surface area contributed by atoms with Gasteiger partial charge in [-0.25, -0.2) is 0 Å². The first kappa shape index (κ1) is 13.4. The molecule has 1 heterocycles. The number of allylic oxidation sites excluding steroid dienone is 3. The zero-order valence-electron chi connectivity index (χ0n) is 11.9. The van der Waals surface area contributed by atoms with Gasteiger partial charge in [0.05, 0.1) is 0 Å². The van der Waals surface area contributed by atoms with Crippen molar-refractivity contribution in [3.05, 3.63) is 53.3 Å². The fourth-order valence-corrected chi connectivity index (χ4v) is 3.04. The van der Waals surface area contributed by atoms with Crippen molar-refractivity contribution in [3.63, 3.8) is 0 Å². The number of benzene rings is 1. The van der Waals surface area contributed by atoms with Gasteiger partial charge in [0.25, 0.3) is 0 Å². The molecule has 2 aliphatic rings. The van der Waals surface area contributed by atoms with Crippen LogP contribution in [0.1, 0.15) is 30.9 Å². The molecule has 0 saturated carbocycles. The molecule has 104 valence electrons. The van der Waals surface area contributed by atoms with Gasteiger partial charge in [-0.2, -0.15) is 0 Å². The summed E-state index contributed by atoms with van der Waals surface area (Å²) in [6, 6.07) is 8.53. The Kier molecular flexibility index (Phi) is 3.62. The first-order valence-electron chi connectivity index (χ1n) is 7.02. The smallest absolute Gasteiger partial charge is 0.129 e. The Balaban J connectivity index is 1.84. The lowest BCUT2D eigenvalue weighted by Gasteiger charge is -2.30. The van der Waals surface area contributed by atoms with E-state index in [1.165, 1.54) is 16.8 Å². The molecule has 0 N–H and O–H groups in total. The SMILES string of the molecule is CN(C)c1ccc(C2CC(=S)C3=C(C=CCC3)O2)cc1. The topological polar surface area (TPSA) is 12.5 Å². The van der Waals surface area contributed by atoms with Gasteiger partial charge < -0.3 is 9.64 Å². The third kappa shape index (κ3) is 2.50. The zero-order chi connectivity index (χ0) is 14.1. The highest BCUT2D eigenvalue weighted by molar-refractivity contribution is 7.80. The number of nitrogens with zero attached hydrogens (tertiary/aromatic N) is 1. The third-order valence-electron chi connectivity index (χ3n) is 3.89. The summed E-state index contributed by atoms with van der Waals surface area (Å²) in [5.74, 6) is 0.981. The fraction of sp³-hybridized carbons (Fsp3) is 0.353. The molecule has 1 aromatic carbocycles. The van der Waals surface area contributed by atoms with Crippen molar-refractivity contribution in [1.29, 1.82) is 0 Å². The number of ether oxygens (including phenoxy) is 1. The van der Waals surface area contributed by atoms with Crippen LogP contribution >= 0.6 is 12.2 Å². The summed E-state index contributed by atoms with van der Waals surface area (Å²) < 4.78 is 6.14. The predicted molar refractivity (Wildman–Crippen MR) is 87.2 cm³/mol. The van der Waals surface area contributed by atoms with Crippen LogP contribution in [0.5, 0.6) is 0 Å². The molecule has 0 saturated heterocycles. The molecule has 2 nitrogen and oxygen atoms in total. The molecule has 3 heteroatoms. The maximum absolute atomic E-state index is 6.14. The van der Waals surface area contributed by atoms with Gasteiger partial charge in [0, 0.05) is 36.6 Å². The van der Waals surface area contributed by atoms with Crippen molar-refractivity contribution in [2.24, 2.45) is 0 Å². The van der Waals surface area contributed by atoms with E-state index in [0.29, 0.717) is 0 Å². The van der Waals surface area contributed by atoms with Gasteiger partial charge in [-0.3, -0.25) is 0 Å². The quantitative estimate of drug-likeness (QED) is 0.756. The fourth-order valence-electron chi connectivity index (χ4n) is 2.69. The van der Waals surface area contributed by atoms with Gasteiger partial charge in [0.15, 0.2) is 0 Å². The lowest BCUT2D eigenvalue weighted by atomic mass is 9.92. The second kappa shape index (κ2) is 5.41. The monoisotopic (exact) mass is 285 g/mol. The highest BCUT2D eigenvalue weighted by Crippen LogP contribution is 2.36. The lowest BCUT2D eigenvalue weighted by molar-refractivity contribution is 0.124. The molecule has 1 aliphatic carbocycles. The molecular formula is C17H19NOS. The maximum Gasteiger partial charge on any atom is 0.129 e. The van der Waals surface area contributed by atoms with E-state index in [2.05, 4.69) is 41.3 Å². The van der Waals surface area contributed by atoms with Crippen molar-refractivity contribution in [1.82, 2.24) is 0 Å². The zero-order valence-corrected chi connectivity index (χ0v) is 12.7. The van der Waals surface area contributed by atoms with Crippen molar-refractivity contribution in [2.75, 3.05) is 19.0 Å². The summed E-state index contributed by atoms with van der Waals surface area (Å²) in [5, 5.41) is 0. The van der Waals surface area contributed by atoms with E-state index in [1.54, 1.807) is 0 Å². The Hall–Kier alpha value is -1.61. The molecule has 0 fully saturated rings. The predicted octanol–water partition coefficient (Wildman–Crippen LogP) is 4.19. The Morgan fingerprint density at radius 2 is 1.95 bits per heavy atom. The van der Waals surface area contributed by atoms with Crippen LogP contribution in [0.15, 0.2) is 47.7 Å². The summed E-state index contributed by atoms with van der Waals surface area (Å²) in [6.45, 7) is 0. The summed E-state index contributed by atoms with van der Waals surface area (Å²) in [6.07, 6.45) is 7.22. The van der Waals surface area contributed by atoms with Crippen LogP contribution in [0.25, 0.3) is 0 Å². The average Bonchev–Trinajstić information content (AvgIpc) is 2.47. The van der Waals surface area contributed by atoms with Gasteiger partial charge >= 0.3 is 0 Å². The van der Waals surface area contributed by atoms with Gasteiger partial charge in [0.1, 0.15) is 11.9 Å². The molecule has 20 heavy (non-hydrogen) atoms. The standard InChI is InChI=1S/C17H19NOS/c1-18(2)13-9-7-12(8-10-13)16-11-17(20)14-5-3-4-6-15(14)19-16/h4,6-10,16H,3,5,11H2,1-2H3. The minimum Gasteiger partial charge on any atom is -0.485 e. The highest BCUT2D eigenvalue weighted by atomic mass is 32.1. The van der Waals surface area contributed by atoms with Crippen LogP contribution in [0, 0.1) is 0 Å². The van der Waals surface area contributed by atoms with Crippen molar-refractivity contribution < 1.29 is 4.74 Å². The van der Waals surface area contributed by atoms with E-state index < -0.39 is 0 Å². The van der Waals surface area contributed by atoms with E-state index in [0.717, 1.165) is 29.9 Å². The molecule has 1 atom stereocenters. The minimum atomic E-state index is 0.0558. The second-order valence-corrected chi connectivity index (χ2v) is 6.00. The normalized spacial score (nSPS) is 21.5. The second-order valence-electron chi connectivity index (χ2n) is 5.50. The van der Waals surface area contributed by atoms with Crippen LogP contribution < -0.4 is 4.90 Å².